The normalized spacial score (nSPS) is 11.1. The van der Waals surface area contributed by atoms with Gasteiger partial charge in [-0.3, -0.25) is 4.79 Å². The SMILES string of the molecule is COc1ccc(NC(=O)CS(=O)(=O)c2ccc(Cl)s2)c(OC)c1. The summed E-state index contributed by atoms with van der Waals surface area (Å²) in [6.45, 7) is 0. The molecule has 1 aromatic carbocycles. The van der Waals surface area contributed by atoms with E-state index >= 15 is 0 Å². The van der Waals surface area contributed by atoms with E-state index in [0.29, 0.717) is 21.5 Å². The number of carbonyl (C=O) groups excluding carboxylic acids is 1. The van der Waals surface area contributed by atoms with Crippen molar-refractivity contribution in [2.75, 3.05) is 25.3 Å². The zero-order chi connectivity index (χ0) is 17.0. The Balaban J connectivity index is 2.13. The standard InChI is InChI=1S/C14H14ClNO5S2/c1-20-9-3-4-10(11(7-9)21-2)16-13(17)8-23(18,19)14-6-5-12(15)22-14/h3-7H,8H2,1-2H3,(H,16,17). The molecule has 1 heterocycles. The molecule has 2 aromatic rings. The van der Waals surface area contributed by atoms with Gasteiger partial charge in [0.2, 0.25) is 5.91 Å². The molecule has 0 bridgehead atoms. The number of amides is 1. The lowest BCUT2D eigenvalue weighted by Crippen LogP contribution is -2.22. The monoisotopic (exact) mass is 375 g/mol. The van der Waals surface area contributed by atoms with E-state index in [2.05, 4.69) is 5.32 Å². The molecule has 124 valence electrons. The molecular weight excluding hydrogens is 362 g/mol. The van der Waals surface area contributed by atoms with Gasteiger partial charge in [0.15, 0.2) is 9.84 Å². The van der Waals surface area contributed by atoms with Crippen LogP contribution in [-0.2, 0) is 14.6 Å². The van der Waals surface area contributed by atoms with Crippen molar-refractivity contribution in [1.82, 2.24) is 0 Å². The average Bonchev–Trinajstić information content (AvgIpc) is 2.94. The first-order valence-corrected chi connectivity index (χ1v) is 9.20. The minimum Gasteiger partial charge on any atom is -0.497 e. The second-order valence-corrected chi connectivity index (χ2v) is 8.36. The molecule has 0 radical (unpaired) electrons. The number of hydrogen-bond donors (Lipinski definition) is 1. The number of carbonyl (C=O) groups is 1. The number of halogens is 1. The van der Waals surface area contributed by atoms with Crippen LogP contribution >= 0.6 is 22.9 Å². The molecule has 0 aliphatic heterocycles. The number of rotatable bonds is 6. The number of ether oxygens (including phenoxy) is 2. The average molecular weight is 376 g/mol. The lowest BCUT2D eigenvalue weighted by molar-refractivity contribution is -0.113. The summed E-state index contributed by atoms with van der Waals surface area (Å²) in [6.07, 6.45) is 0. The van der Waals surface area contributed by atoms with Gasteiger partial charge in [-0.05, 0) is 24.3 Å². The third kappa shape index (κ3) is 4.37. The zero-order valence-electron chi connectivity index (χ0n) is 12.3. The minimum atomic E-state index is -3.73. The van der Waals surface area contributed by atoms with Gasteiger partial charge in [0, 0.05) is 6.07 Å². The van der Waals surface area contributed by atoms with Gasteiger partial charge in [0.05, 0.1) is 24.2 Å². The molecule has 6 nitrogen and oxygen atoms in total. The predicted molar refractivity (Wildman–Crippen MR) is 89.6 cm³/mol. The summed E-state index contributed by atoms with van der Waals surface area (Å²) in [6, 6.07) is 7.64. The Morgan fingerprint density at radius 1 is 1.22 bits per heavy atom. The summed E-state index contributed by atoms with van der Waals surface area (Å²) in [5.74, 6) is -0.424. The number of benzene rings is 1. The Labute approximate surface area is 142 Å². The fourth-order valence-corrected chi connectivity index (χ4v) is 4.50. The number of methoxy groups -OCH3 is 2. The maximum atomic E-state index is 12.1. The van der Waals surface area contributed by atoms with Crippen LogP contribution in [0.25, 0.3) is 0 Å². The fraction of sp³-hybridized carbons (Fsp3) is 0.214. The molecule has 0 fully saturated rings. The van der Waals surface area contributed by atoms with Crippen LogP contribution in [0.3, 0.4) is 0 Å². The molecule has 1 aromatic heterocycles. The van der Waals surface area contributed by atoms with Crippen LogP contribution in [0.1, 0.15) is 0 Å². The molecule has 0 unspecified atom stereocenters. The summed E-state index contributed by atoms with van der Waals surface area (Å²) in [5, 5.41) is 2.52. The highest BCUT2D eigenvalue weighted by Crippen LogP contribution is 2.30. The highest BCUT2D eigenvalue weighted by molar-refractivity contribution is 7.94. The molecule has 0 aliphatic rings. The van der Waals surface area contributed by atoms with Gasteiger partial charge >= 0.3 is 0 Å². The minimum absolute atomic E-state index is 0.0549. The van der Waals surface area contributed by atoms with Gasteiger partial charge in [0.25, 0.3) is 0 Å². The highest BCUT2D eigenvalue weighted by Gasteiger charge is 2.22. The molecule has 0 saturated heterocycles. The van der Waals surface area contributed by atoms with E-state index < -0.39 is 21.5 Å². The van der Waals surface area contributed by atoms with Crippen molar-refractivity contribution in [2.24, 2.45) is 0 Å². The molecule has 0 saturated carbocycles. The van der Waals surface area contributed by atoms with E-state index in [9.17, 15) is 13.2 Å². The van der Waals surface area contributed by atoms with Crippen LogP contribution in [0.5, 0.6) is 11.5 Å². The molecule has 9 heteroatoms. The first-order chi connectivity index (χ1) is 10.9. The Morgan fingerprint density at radius 3 is 2.52 bits per heavy atom. The Morgan fingerprint density at radius 2 is 1.96 bits per heavy atom. The molecular formula is C14H14ClNO5S2. The van der Waals surface area contributed by atoms with Crippen molar-refractivity contribution < 1.29 is 22.7 Å². The third-order valence-corrected chi connectivity index (χ3v) is 6.29. The smallest absolute Gasteiger partial charge is 0.240 e. The van der Waals surface area contributed by atoms with Gasteiger partial charge in [-0.25, -0.2) is 8.42 Å². The fourth-order valence-electron chi connectivity index (χ4n) is 1.80. The summed E-state index contributed by atoms with van der Waals surface area (Å²) in [7, 11) is -0.790. The van der Waals surface area contributed by atoms with Crippen molar-refractivity contribution in [3.63, 3.8) is 0 Å². The lowest BCUT2D eigenvalue weighted by Gasteiger charge is -2.11. The number of sulfone groups is 1. The first-order valence-electron chi connectivity index (χ1n) is 6.35. The molecule has 0 aliphatic carbocycles. The molecule has 1 amide bonds. The second kappa shape index (κ2) is 7.20. The van der Waals surface area contributed by atoms with Crippen molar-refractivity contribution in [3.8, 4) is 11.5 Å². The highest BCUT2D eigenvalue weighted by atomic mass is 35.5. The van der Waals surface area contributed by atoms with Crippen LogP contribution in [-0.4, -0.2) is 34.3 Å². The van der Waals surface area contributed by atoms with E-state index in [4.69, 9.17) is 21.1 Å². The van der Waals surface area contributed by atoms with Gasteiger partial charge in [-0.2, -0.15) is 0 Å². The molecule has 0 spiro atoms. The van der Waals surface area contributed by atoms with Crippen LogP contribution in [0.4, 0.5) is 5.69 Å². The zero-order valence-corrected chi connectivity index (χ0v) is 14.7. The second-order valence-electron chi connectivity index (χ2n) is 4.43. The summed E-state index contributed by atoms with van der Waals surface area (Å²) < 4.78 is 34.9. The van der Waals surface area contributed by atoms with E-state index in [-0.39, 0.29) is 4.21 Å². The largest absolute Gasteiger partial charge is 0.497 e. The molecule has 1 N–H and O–H groups in total. The summed E-state index contributed by atoms with van der Waals surface area (Å²) >= 11 is 6.64. The number of nitrogens with one attached hydrogen (secondary N) is 1. The number of thiophene rings is 1. The van der Waals surface area contributed by atoms with Crippen molar-refractivity contribution in [3.05, 3.63) is 34.7 Å². The van der Waals surface area contributed by atoms with Crippen LogP contribution in [0.2, 0.25) is 4.34 Å². The quantitative estimate of drug-likeness (QED) is 0.839. The molecule has 0 atom stereocenters. The topological polar surface area (TPSA) is 81.7 Å². The number of anilines is 1. The van der Waals surface area contributed by atoms with E-state index in [1.165, 1.54) is 26.4 Å². The van der Waals surface area contributed by atoms with Crippen molar-refractivity contribution >= 4 is 44.4 Å². The Bertz CT molecular complexity index is 816. The van der Waals surface area contributed by atoms with Crippen molar-refractivity contribution in [1.29, 1.82) is 0 Å². The van der Waals surface area contributed by atoms with E-state index in [0.717, 1.165) is 11.3 Å². The molecule has 2 rings (SSSR count). The molecule has 23 heavy (non-hydrogen) atoms. The Kier molecular flexibility index (Phi) is 5.51. The number of hydrogen-bond acceptors (Lipinski definition) is 6. The van der Waals surface area contributed by atoms with Gasteiger partial charge < -0.3 is 14.8 Å². The summed E-state index contributed by atoms with van der Waals surface area (Å²) in [5.41, 5.74) is 0.359. The predicted octanol–water partition coefficient (Wildman–Crippen LogP) is 2.83. The van der Waals surface area contributed by atoms with Crippen LogP contribution < -0.4 is 14.8 Å². The lowest BCUT2D eigenvalue weighted by atomic mass is 10.2. The van der Waals surface area contributed by atoms with Gasteiger partial charge in [-0.1, -0.05) is 11.6 Å². The third-order valence-electron chi connectivity index (χ3n) is 2.86. The maximum absolute atomic E-state index is 12.1. The first kappa shape index (κ1) is 17.6. The Hall–Kier alpha value is -1.77. The van der Waals surface area contributed by atoms with E-state index in [1.807, 2.05) is 0 Å². The van der Waals surface area contributed by atoms with E-state index in [1.54, 1.807) is 18.2 Å². The van der Waals surface area contributed by atoms with Gasteiger partial charge in [0.1, 0.15) is 21.5 Å². The van der Waals surface area contributed by atoms with Crippen LogP contribution in [0.15, 0.2) is 34.5 Å². The van der Waals surface area contributed by atoms with Gasteiger partial charge in [-0.15, -0.1) is 11.3 Å². The van der Waals surface area contributed by atoms with Crippen molar-refractivity contribution in [2.45, 2.75) is 4.21 Å². The maximum Gasteiger partial charge on any atom is 0.240 e. The summed E-state index contributed by atoms with van der Waals surface area (Å²) in [4.78, 5) is 12.0. The van der Waals surface area contributed by atoms with Crippen LogP contribution in [0, 0.1) is 0 Å².